The molecule has 0 aromatic carbocycles. The Labute approximate surface area is 155 Å². The first-order valence-electron chi connectivity index (χ1n) is 8.55. The lowest BCUT2D eigenvalue weighted by atomic mass is 9.96. The molecule has 26 heavy (non-hydrogen) atoms. The molecule has 1 aliphatic heterocycles. The molecule has 0 amide bonds. The molecule has 0 radical (unpaired) electrons. The van der Waals surface area contributed by atoms with Gasteiger partial charge in [0.2, 0.25) is 0 Å². The SMILES string of the molecule is CC(=O)OC[C@H]1C[C@@H](n2cnc3c(Cl)ncnc32)[C@]2(C)OC(C)(C)O[C@H]12. The second kappa shape index (κ2) is 5.87. The van der Waals surface area contributed by atoms with E-state index in [4.69, 9.17) is 25.8 Å². The van der Waals surface area contributed by atoms with E-state index in [1.807, 2.05) is 25.3 Å². The number of aromatic nitrogens is 4. The van der Waals surface area contributed by atoms with Crippen molar-refractivity contribution in [3.05, 3.63) is 17.8 Å². The molecule has 1 saturated carbocycles. The first-order chi connectivity index (χ1) is 12.2. The summed E-state index contributed by atoms with van der Waals surface area (Å²) in [6.45, 7) is 7.50. The largest absolute Gasteiger partial charge is 0.465 e. The third-order valence-corrected chi connectivity index (χ3v) is 5.48. The van der Waals surface area contributed by atoms with Crippen LogP contribution < -0.4 is 0 Å². The summed E-state index contributed by atoms with van der Waals surface area (Å²) < 4.78 is 19.7. The van der Waals surface area contributed by atoms with Crippen LogP contribution in [0.4, 0.5) is 0 Å². The number of carbonyl (C=O) groups is 1. The standard InChI is InChI=1S/C17H21ClN4O4/c1-9(23)24-6-10-5-11(17(4)13(10)25-16(2,3)26-17)22-8-21-12-14(18)19-7-20-15(12)22/h7-8,10-11,13H,5-6H2,1-4H3/t10-,11-,13-,17+/m1/s1. The van der Waals surface area contributed by atoms with Gasteiger partial charge in [-0.3, -0.25) is 4.79 Å². The summed E-state index contributed by atoms with van der Waals surface area (Å²) in [5.41, 5.74) is 0.590. The minimum Gasteiger partial charge on any atom is -0.465 e. The van der Waals surface area contributed by atoms with Crippen molar-refractivity contribution in [1.82, 2.24) is 19.5 Å². The van der Waals surface area contributed by atoms with Crippen LogP contribution >= 0.6 is 11.6 Å². The third-order valence-electron chi connectivity index (χ3n) is 5.21. The van der Waals surface area contributed by atoms with Gasteiger partial charge in [0.25, 0.3) is 0 Å². The first-order valence-corrected chi connectivity index (χ1v) is 8.93. The third kappa shape index (κ3) is 2.67. The fraction of sp³-hybridized carbons (Fsp3) is 0.647. The number of halogens is 1. The van der Waals surface area contributed by atoms with E-state index in [9.17, 15) is 4.79 Å². The first kappa shape index (κ1) is 17.6. The van der Waals surface area contributed by atoms with Crippen molar-refractivity contribution >= 4 is 28.7 Å². The van der Waals surface area contributed by atoms with E-state index in [0.29, 0.717) is 22.7 Å². The molecule has 9 heteroatoms. The van der Waals surface area contributed by atoms with Crippen LogP contribution in [-0.4, -0.2) is 49.6 Å². The average molecular weight is 381 g/mol. The minimum atomic E-state index is -0.727. The maximum absolute atomic E-state index is 11.3. The fourth-order valence-corrected chi connectivity index (χ4v) is 4.50. The molecule has 140 valence electrons. The van der Waals surface area contributed by atoms with Gasteiger partial charge in [0, 0.05) is 12.8 Å². The molecule has 2 aliphatic rings. The molecular weight excluding hydrogens is 360 g/mol. The van der Waals surface area contributed by atoms with Crippen molar-refractivity contribution in [2.75, 3.05) is 6.61 Å². The Morgan fingerprint density at radius 2 is 2.15 bits per heavy atom. The molecule has 8 nitrogen and oxygen atoms in total. The van der Waals surface area contributed by atoms with Gasteiger partial charge in [-0.05, 0) is 27.2 Å². The van der Waals surface area contributed by atoms with E-state index in [-0.39, 0.29) is 30.6 Å². The molecule has 4 atom stereocenters. The highest BCUT2D eigenvalue weighted by atomic mass is 35.5. The number of ether oxygens (including phenoxy) is 3. The van der Waals surface area contributed by atoms with E-state index >= 15 is 0 Å². The molecule has 2 fully saturated rings. The summed E-state index contributed by atoms with van der Waals surface area (Å²) in [6, 6.07) is -0.0919. The van der Waals surface area contributed by atoms with Gasteiger partial charge >= 0.3 is 5.97 Å². The van der Waals surface area contributed by atoms with Crippen molar-refractivity contribution < 1.29 is 19.0 Å². The van der Waals surface area contributed by atoms with Crippen molar-refractivity contribution in [2.24, 2.45) is 5.92 Å². The van der Waals surface area contributed by atoms with Crippen LogP contribution in [-0.2, 0) is 19.0 Å². The fourth-order valence-electron chi connectivity index (χ4n) is 4.32. The maximum atomic E-state index is 11.3. The zero-order valence-corrected chi connectivity index (χ0v) is 15.9. The predicted octanol–water partition coefficient (Wildman–Crippen LogP) is 2.51. The highest BCUT2D eigenvalue weighted by Gasteiger charge is 2.63. The van der Waals surface area contributed by atoms with Gasteiger partial charge in [-0.2, -0.15) is 0 Å². The Hall–Kier alpha value is -1.77. The zero-order valence-electron chi connectivity index (χ0n) is 15.1. The Balaban J connectivity index is 1.75. The van der Waals surface area contributed by atoms with E-state index < -0.39 is 11.4 Å². The van der Waals surface area contributed by atoms with Crippen LogP contribution in [0.1, 0.15) is 40.2 Å². The summed E-state index contributed by atoms with van der Waals surface area (Å²) in [6.07, 6.45) is 3.62. The Kier molecular flexibility index (Phi) is 3.98. The smallest absolute Gasteiger partial charge is 0.302 e. The molecule has 2 aromatic rings. The highest BCUT2D eigenvalue weighted by molar-refractivity contribution is 6.33. The van der Waals surface area contributed by atoms with Crippen molar-refractivity contribution in [3.8, 4) is 0 Å². The zero-order chi connectivity index (χ0) is 18.7. The van der Waals surface area contributed by atoms with E-state index in [2.05, 4.69) is 15.0 Å². The van der Waals surface area contributed by atoms with Crippen LogP contribution in [0, 0.1) is 5.92 Å². The van der Waals surface area contributed by atoms with Gasteiger partial charge < -0.3 is 18.8 Å². The molecule has 0 bridgehead atoms. The van der Waals surface area contributed by atoms with Gasteiger partial charge in [0.05, 0.1) is 25.1 Å². The van der Waals surface area contributed by atoms with Crippen LogP contribution in [0.5, 0.6) is 0 Å². The number of rotatable bonds is 3. The highest BCUT2D eigenvalue weighted by Crippen LogP contribution is 2.54. The predicted molar refractivity (Wildman–Crippen MR) is 92.6 cm³/mol. The summed E-state index contributed by atoms with van der Waals surface area (Å²) in [5, 5.41) is 0.314. The Morgan fingerprint density at radius 3 is 2.88 bits per heavy atom. The van der Waals surface area contributed by atoms with Crippen molar-refractivity contribution in [2.45, 2.75) is 57.6 Å². The topological polar surface area (TPSA) is 88.4 Å². The van der Waals surface area contributed by atoms with Crippen LogP contribution in [0.3, 0.4) is 0 Å². The molecular formula is C17H21ClN4O4. The lowest BCUT2D eigenvalue weighted by Crippen LogP contribution is -2.41. The lowest BCUT2D eigenvalue weighted by Gasteiger charge is -2.31. The summed E-state index contributed by atoms with van der Waals surface area (Å²) in [7, 11) is 0. The molecule has 2 aromatic heterocycles. The van der Waals surface area contributed by atoms with E-state index in [0.717, 1.165) is 0 Å². The lowest BCUT2D eigenvalue weighted by molar-refractivity contribution is -0.176. The number of hydrogen-bond acceptors (Lipinski definition) is 7. The summed E-state index contributed by atoms with van der Waals surface area (Å²) >= 11 is 6.14. The molecule has 4 rings (SSSR count). The van der Waals surface area contributed by atoms with Crippen molar-refractivity contribution in [3.63, 3.8) is 0 Å². The summed E-state index contributed by atoms with van der Waals surface area (Å²) in [4.78, 5) is 24.0. The maximum Gasteiger partial charge on any atom is 0.302 e. The number of esters is 1. The number of fused-ring (bicyclic) bond motifs is 2. The molecule has 1 aliphatic carbocycles. The quantitative estimate of drug-likeness (QED) is 0.597. The van der Waals surface area contributed by atoms with Gasteiger partial charge in [0.15, 0.2) is 16.6 Å². The Morgan fingerprint density at radius 1 is 1.38 bits per heavy atom. The van der Waals surface area contributed by atoms with E-state index in [1.54, 1.807) is 6.33 Å². The summed E-state index contributed by atoms with van der Waals surface area (Å²) in [5.74, 6) is -1.03. The van der Waals surface area contributed by atoms with Crippen molar-refractivity contribution in [1.29, 1.82) is 0 Å². The average Bonchev–Trinajstić information content (AvgIpc) is 3.14. The number of imidazole rings is 1. The van der Waals surface area contributed by atoms with Crippen LogP contribution in [0.15, 0.2) is 12.7 Å². The Bertz CT molecular complexity index is 870. The van der Waals surface area contributed by atoms with Crippen LogP contribution in [0.25, 0.3) is 11.2 Å². The van der Waals surface area contributed by atoms with Gasteiger partial charge in [0.1, 0.15) is 17.4 Å². The normalized spacial score (nSPS) is 32.7. The van der Waals surface area contributed by atoms with Gasteiger partial charge in [-0.25, -0.2) is 15.0 Å². The molecule has 0 spiro atoms. The second-order valence-electron chi connectivity index (χ2n) is 7.53. The number of nitrogens with zero attached hydrogens (tertiary/aromatic N) is 4. The number of carbonyl (C=O) groups excluding carboxylic acids is 1. The van der Waals surface area contributed by atoms with Gasteiger partial charge in [-0.1, -0.05) is 11.6 Å². The second-order valence-corrected chi connectivity index (χ2v) is 7.88. The monoisotopic (exact) mass is 380 g/mol. The molecule has 0 N–H and O–H groups in total. The van der Waals surface area contributed by atoms with Gasteiger partial charge in [-0.15, -0.1) is 0 Å². The molecule has 1 saturated heterocycles. The molecule has 3 heterocycles. The van der Waals surface area contributed by atoms with Crippen LogP contribution in [0.2, 0.25) is 5.15 Å². The minimum absolute atomic E-state index is 0.00503. The van der Waals surface area contributed by atoms with E-state index in [1.165, 1.54) is 13.3 Å². The molecule has 0 unspecified atom stereocenters. The number of hydrogen-bond donors (Lipinski definition) is 0.